The lowest BCUT2D eigenvalue weighted by Gasteiger charge is -2.00. The number of nitrogens with zero attached hydrogens (tertiary/aromatic N) is 2. The molecule has 0 aliphatic carbocycles. The summed E-state index contributed by atoms with van der Waals surface area (Å²) < 4.78 is 24.2. The van der Waals surface area contributed by atoms with E-state index in [1.165, 1.54) is 12.3 Å². The van der Waals surface area contributed by atoms with Crippen molar-refractivity contribution in [3.63, 3.8) is 0 Å². The molecule has 0 bridgehead atoms. The van der Waals surface area contributed by atoms with Crippen LogP contribution in [0.5, 0.6) is 0 Å². The predicted molar refractivity (Wildman–Crippen MR) is 43.4 cm³/mol. The molecule has 1 aromatic heterocycles. The van der Waals surface area contributed by atoms with Crippen LogP contribution in [0.3, 0.4) is 0 Å². The van der Waals surface area contributed by atoms with Crippen LogP contribution in [0.25, 0.3) is 0 Å². The molecule has 0 atom stereocenters. The summed E-state index contributed by atoms with van der Waals surface area (Å²) >= 11 is 5.39. The third kappa shape index (κ3) is 2.35. The molecule has 0 amide bonds. The Bertz CT molecular complexity index is 330. The van der Waals surface area contributed by atoms with E-state index in [4.69, 9.17) is 16.8 Å². The van der Waals surface area contributed by atoms with Crippen LogP contribution in [0.15, 0.2) is 23.5 Å². The lowest BCUT2D eigenvalue weighted by Crippen LogP contribution is -1.96. The van der Waals surface area contributed by atoms with E-state index in [1.54, 1.807) is 0 Å². The van der Waals surface area contributed by atoms with E-state index in [9.17, 15) is 8.78 Å². The van der Waals surface area contributed by atoms with Crippen LogP contribution in [-0.2, 0) is 0 Å². The van der Waals surface area contributed by atoms with Gasteiger partial charge in [0.25, 0.3) is 6.43 Å². The van der Waals surface area contributed by atoms with Crippen molar-refractivity contribution < 1.29 is 14.0 Å². The predicted octanol–water partition coefficient (Wildman–Crippen LogP) is 2.39. The van der Waals surface area contributed by atoms with Gasteiger partial charge in [0.1, 0.15) is 5.69 Å². The first kappa shape index (κ1) is 9.85. The minimum Gasteiger partial charge on any atom is -0.410 e. The third-order valence-electron chi connectivity index (χ3n) is 1.33. The highest BCUT2D eigenvalue weighted by molar-refractivity contribution is 6.69. The highest BCUT2D eigenvalue weighted by Crippen LogP contribution is 2.17. The molecule has 0 spiro atoms. The van der Waals surface area contributed by atoms with Crippen molar-refractivity contribution >= 4 is 16.8 Å². The average molecular weight is 207 g/mol. The van der Waals surface area contributed by atoms with Gasteiger partial charge in [-0.1, -0.05) is 16.8 Å². The van der Waals surface area contributed by atoms with Crippen LogP contribution in [0, 0.1) is 0 Å². The molecule has 1 N–H and O–H groups in total. The van der Waals surface area contributed by atoms with E-state index < -0.39 is 12.1 Å². The molecule has 0 aliphatic rings. The molecule has 0 radical (unpaired) electrons. The number of oxime groups is 1. The van der Waals surface area contributed by atoms with Gasteiger partial charge in [0.2, 0.25) is 0 Å². The molecule has 0 aliphatic heterocycles. The van der Waals surface area contributed by atoms with Crippen molar-refractivity contribution in [2.24, 2.45) is 5.16 Å². The number of hydrogen-bond acceptors (Lipinski definition) is 3. The summed E-state index contributed by atoms with van der Waals surface area (Å²) in [6.07, 6.45) is -1.49. The fraction of sp³-hybridized carbons (Fsp3) is 0.143. The van der Waals surface area contributed by atoms with Gasteiger partial charge in [0.15, 0.2) is 5.17 Å². The smallest absolute Gasteiger partial charge is 0.280 e. The number of hydrogen-bond donors (Lipinski definition) is 1. The summed E-state index contributed by atoms with van der Waals surface area (Å²) in [5.41, 5.74) is -0.200. The van der Waals surface area contributed by atoms with Crippen LogP contribution >= 0.6 is 11.6 Å². The number of pyridine rings is 1. The molecule has 3 nitrogen and oxygen atoms in total. The Balaban J connectivity index is 3.05. The maximum atomic E-state index is 12.1. The van der Waals surface area contributed by atoms with Crippen molar-refractivity contribution in [2.75, 3.05) is 0 Å². The highest BCUT2D eigenvalue weighted by Gasteiger charge is 2.10. The first-order valence-corrected chi connectivity index (χ1v) is 3.65. The summed E-state index contributed by atoms with van der Waals surface area (Å²) in [4.78, 5) is 3.41. The van der Waals surface area contributed by atoms with E-state index in [-0.39, 0.29) is 10.7 Å². The van der Waals surface area contributed by atoms with Gasteiger partial charge < -0.3 is 5.21 Å². The summed E-state index contributed by atoms with van der Waals surface area (Å²) in [5, 5.41) is 10.7. The maximum Gasteiger partial charge on any atom is 0.280 e. The molecule has 0 fully saturated rings. The second kappa shape index (κ2) is 4.13. The standard InChI is InChI=1S/C7H5ClF2N2O/c8-6(12-13)4-1-2-11-5(3-4)7(9)10/h1-3,7,13H/b12-6-. The molecule has 70 valence electrons. The molecular formula is C7H5ClF2N2O. The Kier molecular flexibility index (Phi) is 3.13. The minimum absolute atomic E-state index is 0.203. The van der Waals surface area contributed by atoms with Crippen molar-refractivity contribution in [3.05, 3.63) is 29.6 Å². The summed E-state index contributed by atoms with van der Waals surface area (Å²) in [7, 11) is 0. The van der Waals surface area contributed by atoms with Crippen LogP contribution in [0.4, 0.5) is 8.78 Å². The van der Waals surface area contributed by atoms with Crippen LogP contribution in [0.1, 0.15) is 17.7 Å². The molecular weight excluding hydrogens is 202 g/mol. The second-order valence-electron chi connectivity index (χ2n) is 2.16. The molecule has 6 heteroatoms. The quantitative estimate of drug-likeness (QED) is 0.459. The van der Waals surface area contributed by atoms with Crippen LogP contribution in [-0.4, -0.2) is 15.4 Å². The van der Waals surface area contributed by atoms with Crippen molar-refractivity contribution in [1.29, 1.82) is 0 Å². The number of alkyl halides is 2. The van der Waals surface area contributed by atoms with E-state index in [1.807, 2.05) is 0 Å². The van der Waals surface area contributed by atoms with Gasteiger partial charge in [0.05, 0.1) is 0 Å². The molecule has 1 aromatic rings. The first-order chi connectivity index (χ1) is 6.15. The van der Waals surface area contributed by atoms with Gasteiger partial charge in [-0.05, 0) is 12.1 Å². The largest absolute Gasteiger partial charge is 0.410 e. The number of rotatable bonds is 2. The maximum absolute atomic E-state index is 12.1. The molecule has 0 saturated carbocycles. The van der Waals surface area contributed by atoms with Gasteiger partial charge in [-0.15, -0.1) is 0 Å². The van der Waals surface area contributed by atoms with Crippen LogP contribution in [0.2, 0.25) is 0 Å². The van der Waals surface area contributed by atoms with Gasteiger partial charge in [-0.25, -0.2) is 8.78 Å². The first-order valence-electron chi connectivity index (χ1n) is 3.27. The fourth-order valence-electron chi connectivity index (χ4n) is 0.754. The summed E-state index contributed by atoms with van der Waals surface area (Å²) in [6.45, 7) is 0. The topological polar surface area (TPSA) is 45.5 Å². The SMILES string of the molecule is O/N=C(\Cl)c1ccnc(C(F)F)c1. The number of aromatic nitrogens is 1. The summed E-state index contributed by atoms with van der Waals surface area (Å²) in [5.74, 6) is 0. The second-order valence-corrected chi connectivity index (χ2v) is 2.52. The molecule has 13 heavy (non-hydrogen) atoms. The van der Waals surface area contributed by atoms with Crippen molar-refractivity contribution in [2.45, 2.75) is 6.43 Å². The van der Waals surface area contributed by atoms with Crippen LogP contribution < -0.4 is 0 Å². The molecule has 1 rings (SSSR count). The zero-order chi connectivity index (χ0) is 9.84. The van der Waals surface area contributed by atoms with Gasteiger partial charge in [0, 0.05) is 11.8 Å². The minimum atomic E-state index is -2.66. The third-order valence-corrected chi connectivity index (χ3v) is 1.62. The average Bonchev–Trinajstić information content (AvgIpc) is 2.17. The molecule has 0 aromatic carbocycles. The fourth-order valence-corrected chi connectivity index (χ4v) is 0.871. The van der Waals surface area contributed by atoms with Gasteiger partial charge in [-0.3, -0.25) is 4.98 Å². The normalized spacial score (nSPS) is 12.2. The number of halogens is 3. The van der Waals surface area contributed by atoms with E-state index in [2.05, 4.69) is 10.1 Å². The Morgan fingerprint density at radius 2 is 2.31 bits per heavy atom. The van der Waals surface area contributed by atoms with E-state index in [0.29, 0.717) is 0 Å². The van der Waals surface area contributed by atoms with Gasteiger partial charge in [-0.2, -0.15) is 0 Å². The molecule has 1 heterocycles. The Morgan fingerprint density at radius 3 is 2.85 bits per heavy atom. The van der Waals surface area contributed by atoms with E-state index in [0.717, 1.165) is 6.07 Å². The zero-order valence-corrected chi connectivity index (χ0v) is 7.04. The van der Waals surface area contributed by atoms with Crippen molar-refractivity contribution in [3.8, 4) is 0 Å². The summed E-state index contributed by atoms with van der Waals surface area (Å²) in [6, 6.07) is 2.43. The molecule has 0 unspecified atom stereocenters. The van der Waals surface area contributed by atoms with Crippen molar-refractivity contribution in [1.82, 2.24) is 4.98 Å². The lowest BCUT2D eigenvalue weighted by molar-refractivity contribution is 0.146. The Hall–Kier alpha value is -1.23. The Labute approximate surface area is 77.7 Å². The monoisotopic (exact) mass is 206 g/mol. The zero-order valence-electron chi connectivity index (χ0n) is 6.28. The Morgan fingerprint density at radius 1 is 1.62 bits per heavy atom. The van der Waals surface area contributed by atoms with E-state index >= 15 is 0 Å². The lowest BCUT2D eigenvalue weighted by atomic mass is 10.2. The molecule has 0 saturated heterocycles. The van der Waals surface area contributed by atoms with Gasteiger partial charge >= 0.3 is 0 Å². The highest BCUT2D eigenvalue weighted by atomic mass is 35.5.